The van der Waals surface area contributed by atoms with Crippen molar-refractivity contribution in [2.75, 3.05) is 19.2 Å². The Labute approximate surface area is 84.0 Å². The minimum Gasteiger partial charge on any atom is -0.485 e. The molecule has 7 heteroatoms. The fourth-order valence-corrected chi connectivity index (χ4v) is 0.872. The van der Waals surface area contributed by atoms with Crippen LogP contribution in [0.4, 0.5) is 18.9 Å². The van der Waals surface area contributed by atoms with Gasteiger partial charge >= 0.3 is 0 Å². The first-order valence-corrected chi connectivity index (χ1v) is 3.99. The molecule has 0 aliphatic heterocycles. The lowest BCUT2D eigenvalue weighted by molar-refractivity contribution is 0.0816. The fraction of sp³-hybridized carbons (Fsp3) is 0.375. The van der Waals surface area contributed by atoms with Crippen LogP contribution in [0.25, 0.3) is 0 Å². The first-order chi connectivity index (χ1) is 7.13. The number of aromatic nitrogens is 1. The number of alkyl halides is 2. The van der Waals surface area contributed by atoms with Gasteiger partial charge in [-0.15, -0.1) is 0 Å². The number of rotatable bonds is 5. The summed E-state index contributed by atoms with van der Waals surface area (Å²) in [7, 11) is 1.32. The third kappa shape index (κ3) is 3.62. The van der Waals surface area contributed by atoms with Gasteiger partial charge in [0.15, 0.2) is 5.75 Å². The van der Waals surface area contributed by atoms with Gasteiger partial charge in [-0.1, -0.05) is 0 Å². The van der Waals surface area contributed by atoms with Crippen molar-refractivity contribution in [3.05, 3.63) is 18.2 Å². The monoisotopic (exact) mass is 222 g/mol. The van der Waals surface area contributed by atoms with E-state index < -0.39 is 19.0 Å². The van der Waals surface area contributed by atoms with Gasteiger partial charge in [-0.25, -0.2) is 13.8 Å². The highest BCUT2D eigenvalue weighted by Crippen LogP contribution is 2.24. The first-order valence-electron chi connectivity index (χ1n) is 3.99. The zero-order valence-electron chi connectivity index (χ0n) is 7.84. The SMILES string of the molecule is CONc1cnc(F)cc1OCC(F)F. The molecule has 15 heavy (non-hydrogen) atoms. The second-order valence-corrected chi connectivity index (χ2v) is 2.51. The summed E-state index contributed by atoms with van der Waals surface area (Å²) in [5, 5.41) is 0. The van der Waals surface area contributed by atoms with E-state index in [0.29, 0.717) is 0 Å². The number of ether oxygens (including phenoxy) is 1. The summed E-state index contributed by atoms with van der Waals surface area (Å²) < 4.78 is 41.0. The van der Waals surface area contributed by atoms with Crippen LogP contribution in [0.2, 0.25) is 0 Å². The summed E-state index contributed by atoms with van der Waals surface area (Å²) in [4.78, 5) is 7.84. The lowest BCUT2D eigenvalue weighted by atomic mass is 10.4. The maximum absolute atomic E-state index is 12.7. The average molecular weight is 222 g/mol. The Morgan fingerprint density at radius 2 is 2.27 bits per heavy atom. The van der Waals surface area contributed by atoms with E-state index in [4.69, 9.17) is 0 Å². The minimum atomic E-state index is -2.63. The quantitative estimate of drug-likeness (QED) is 0.609. The number of nitrogens with zero attached hydrogens (tertiary/aromatic N) is 1. The predicted molar refractivity (Wildman–Crippen MR) is 46.3 cm³/mol. The molecule has 4 nitrogen and oxygen atoms in total. The Morgan fingerprint density at radius 1 is 1.53 bits per heavy atom. The lowest BCUT2D eigenvalue weighted by Crippen LogP contribution is -2.09. The van der Waals surface area contributed by atoms with E-state index >= 15 is 0 Å². The Morgan fingerprint density at radius 3 is 2.87 bits per heavy atom. The van der Waals surface area contributed by atoms with E-state index in [0.717, 1.165) is 12.3 Å². The van der Waals surface area contributed by atoms with E-state index in [1.165, 1.54) is 7.11 Å². The van der Waals surface area contributed by atoms with Gasteiger partial charge in [0, 0.05) is 6.07 Å². The van der Waals surface area contributed by atoms with Gasteiger partial charge in [-0.05, 0) is 0 Å². The van der Waals surface area contributed by atoms with Crippen molar-refractivity contribution in [3.8, 4) is 5.75 Å². The van der Waals surface area contributed by atoms with Gasteiger partial charge in [0.05, 0.1) is 13.3 Å². The topological polar surface area (TPSA) is 43.4 Å². The zero-order chi connectivity index (χ0) is 11.3. The van der Waals surface area contributed by atoms with Crippen LogP contribution < -0.4 is 10.2 Å². The molecule has 0 saturated carbocycles. The summed E-state index contributed by atoms with van der Waals surface area (Å²) in [6.07, 6.45) is -1.55. The summed E-state index contributed by atoms with van der Waals surface area (Å²) >= 11 is 0. The molecule has 1 rings (SSSR count). The molecule has 0 bridgehead atoms. The molecule has 0 spiro atoms. The number of hydrogen-bond acceptors (Lipinski definition) is 4. The number of nitrogens with one attached hydrogen (secondary N) is 1. The second kappa shape index (κ2) is 5.40. The van der Waals surface area contributed by atoms with Gasteiger partial charge in [0.2, 0.25) is 5.95 Å². The first kappa shape index (κ1) is 11.6. The van der Waals surface area contributed by atoms with Crippen molar-refractivity contribution < 1.29 is 22.7 Å². The third-order valence-corrected chi connectivity index (χ3v) is 1.41. The molecule has 84 valence electrons. The number of halogens is 3. The van der Waals surface area contributed by atoms with E-state index in [9.17, 15) is 13.2 Å². The highest BCUT2D eigenvalue weighted by molar-refractivity contribution is 5.52. The maximum Gasteiger partial charge on any atom is 0.272 e. The van der Waals surface area contributed by atoms with Crippen LogP contribution in [0.15, 0.2) is 12.3 Å². The van der Waals surface area contributed by atoms with Crippen molar-refractivity contribution in [3.63, 3.8) is 0 Å². The predicted octanol–water partition coefficient (Wildman–Crippen LogP) is 1.84. The maximum atomic E-state index is 12.7. The molecular weight excluding hydrogens is 213 g/mol. The van der Waals surface area contributed by atoms with Gasteiger partial charge in [0.25, 0.3) is 6.43 Å². The molecule has 0 aromatic carbocycles. The standard InChI is InChI=1S/C8H9F3N2O2/c1-14-13-5-3-12-8(11)2-6(5)15-4-7(9)10/h2-3,7,13H,4H2,1H3. The molecule has 0 radical (unpaired) electrons. The largest absolute Gasteiger partial charge is 0.485 e. The molecular formula is C8H9F3N2O2. The lowest BCUT2D eigenvalue weighted by Gasteiger charge is -2.10. The number of pyridine rings is 1. The van der Waals surface area contributed by atoms with Gasteiger partial charge in [-0.2, -0.15) is 4.39 Å². The van der Waals surface area contributed by atoms with Crippen molar-refractivity contribution >= 4 is 5.69 Å². The van der Waals surface area contributed by atoms with E-state index in [1.807, 2.05) is 0 Å². The normalized spacial score (nSPS) is 10.5. The molecule has 0 amide bonds. The molecule has 0 unspecified atom stereocenters. The molecule has 1 N–H and O–H groups in total. The Hall–Kier alpha value is -1.50. The van der Waals surface area contributed by atoms with Crippen molar-refractivity contribution in [1.82, 2.24) is 4.98 Å². The molecule has 0 aliphatic carbocycles. The van der Waals surface area contributed by atoms with Crippen LogP contribution in [-0.4, -0.2) is 25.1 Å². The van der Waals surface area contributed by atoms with Crippen LogP contribution in [0.1, 0.15) is 0 Å². The molecule has 0 saturated heterocycles. The molecule has 1 heterocycles. The third-order valence-electron chi connectivity index (χ3n) is 1.41. The van der Waals surface area contributed by atoms with Crippen LogP contribution in [0.5, 0.6) is 5.75 Å². The summed E-state index contributed by atoms with van der Waals surface area (Å²) in [6.45, 7) is -0.818. The molecule has 0 fully saturated rings. The molecule has 1 aromatic rings. The Balaban J connectivity index is 2.77. The second-order valence-electron chi connectivity index (χ2n) is 2.51. The molecule has 0 atom stereocenters. The zero-order valence-corrected chi connectivity index (χ0v) is 7.84. The van der Waals surface area contributed by atoms with Crippen LogP contribution in [-0.2, 0) is 4.84 Å². The van der Waals surface area contributed by atoms with E-state index in [-0.39, 0.29) is 11.4 Å². The smallest absolute Gasteiger partial charge is 0.272 e. The minimum absolute atomic E-state index is 0.0790. The highest BCUT2D eigenvalue weighted by Gasteiger charge is 2.09. The number of hydrogen-bond donors (Lipinski definition) is 1. The molecule has 0 aliphatic rings. The van der Waals surface area contributed by atoms with Crippen LogP contribution in [0, 0.1) is 5.95 Å². The summed E-state index contributed by atoms with van der Waals surface area (Å²) in [5.74, 6) is -0.898. The Bertz CT molecular complexity index is 323. The van der Waals surface area contributed by atoms with Crippen molar-refractivity contribution in [1.29, 1.82) is 0 Å². The molecule has 1 aromatic heterocycles. The highest BCUT2D eigenvalue weighted by atomic mass is 19.3. The van der Waals surface area contributed by atoms with Gasteiger partial charge in [0.1, 0.15) is 12.3 Å². The van der Waals surface area contributed by atoms with Gasteiger partial charge < -0.3 is 4.74 Å². The van der Waals surface area contributed by atoms with Crippen LogP contribution in [0.3, 0.4) is 0 Å². The summed E-state index contributed by atoms with van der Waals surface area (Å²) in [6, 6.07) is 0.893. The fourth-order valence-electron chi connectivity index (χ4n) is 0.872. The van der Waals surface area contributed by atoms with Gasteiger partial charge in [-0.3, -0.25) is 10.3 Å². The van der Waals surface area contributed by atoms with Crippen molar-refractivity contribution in [2.45, 2.75) is 6.43 Å². The summed E-state index contributed by atoms with van der Waals surface area (Å²) in [5.41, 5.74) is 2.51. The van der Waals surface area contributed by atoms with Crippen LogP contribution >= 0.6 is 0 Å². The Kier molecular flexibility index (Phi) is 4.17. The number of anilines is 1. The van der Waals surface area contributed by atoms with E-state index in [2.05, 4.69) is 20.0 Å². The van der Waals surface area contributed by atoms with Crippen molar-refractivity contribution in [2.24, 2.45) is 0 Å². The average Bonchev–Trinajstić information content (AvgIpc) is 2.18. The van der Waals surface area contributed by atoms with E-state index in [1.54, 1.807) is 0 Å².